The summed E-state index contributed by atoms with van der Waals surface area (Å²) in [5.41, 5.74) is -0.150. The van der Waals surface area contributed by atoms with Gasteiger partial charge in [0.25, 0.3) is 0 Å². The van der Waals surface area contributed by atoms with Crippen molar-refractivity contribution in [1.29, 1.82) is 0 Å². The van der Waals surface area contributed by atoms with E-state index in [1.807, 2.05) is 20.8 Å². The molecule has 0 bridgehead atoms. The van der Waals surface area contributed by atoms with Gasteiger partial charge in [-0.15, -0.1) is 0 Å². The molecule has 0 saturated carbocycles. The van der Waals surface area contributed by atoms with E-state index in [2.05, 4.69) is 32.7 Å². The van der Waals surface area contributed by atoms with E-state index in [0.29, 0.717) is 50.6 Å². The van der Waals surface area contributed by atoms with Crippen LogP contribution >= 0.6 is 0 Å². The molecule has 0 saturated heterocycles. The van der Waals surface area contributed by atoms with Crippen LogP contribution < -0.4 is 10.6 Å². The van der Waals surface area contributed by atoms with Gasteiger partial charge in [-0.05, 0) is 6.42 Å². The van der Waals surface area contributed by atoms with E-state index < -0.39 is 0 Å². The minimum atomic E-state index is -0.150. The molecule has 1 aromatic heterocycles. The fraction of sp³-hybridized carbons (Fsp3) is 0.824. The van der Waals surface area contributed by atoms with Gasteiger partial charge in [-0.25, -0.2) is 0 Å². The molecule has 0 radical (unpaired) electrons. The number of unbranched alkanes of at least 4 members (excludes halogenated alkanes) is 1. The van der Waals surface area contributed by atoms with Gasteiger partial charge in [-0.2, -0.15) is 4.98 Å². The van der Waals surface area contributed by atoms with E-state index in [0.717, 1.165) is 19.4 Å². The Morgan fingerprint density at radius 3 is 2.44 bits per heavy atom. The molecule has 0 aliphatic carbocycles. The number of hydrogen-bond acceptors (Lipinski definition) is 6. The summed E-state index contributed by atoms with van der Waals surface area (Å²) < 4.78 is 16.2. The molecule has 0 atom stereocenters. The number of nitrogens with one attached hydrogen (secondary N) is 2. The number of aromatic nitrogens is 2. The Hall–Kier alpha value is -1.67. The third-order valence-corrected chi connectivity index (χ3v) is 3.30. The number of hydrogen-bond donors (Lipinski definition) is 2. The molecule has 0 aliphatic rings. The molecule has 0 spiro atoms. The second kappa shape index (κ2) is 11.8. The summed E-state index contributed by atoms with van der Waals surface area (Å²) >= 11 is 0. The summed E-state index contributed by atoms with van der Waals surface area (Å²) in [7, 11) is 1.72. The Bertz CT molecular complexity index is 497. The zero-order valence-electron chi connectivity index (χ0n) is 16.2. The molecule has 0 fully saturated rings. The molecule has 144 valence electrons. The topological polar surface area (TPSA) is 93.8 Å². The first-order valence-corrected chi connectivity index (χ1v) is 8.90. The first-order valence-electron chi connectivity index (χ1n) is 8.90. The molecule has 8 heteroatoms. The van der Waals surface area contributed by atoms with E-state index >= 15 is 0 Å². The Morgan fingerprint density at radius 1 is 1.12 bits per heavy atom. The van der Waals surface area contributed by atoms with Gasteiger partial charge >= 0.3 is 0 Å². The fourth-order valence-corrected chi connectivity index (χ4v) is 1.82. The van der Waals surface area contributed by atoms with Crippen LogP contribution in [0, 0.1) is 0 Å². The minimum Gasteiger partial charge on any atom is -0.379 e. The Morgan fingerprint density at radius 2 is 1.84 bits per heavy atom. The van der Waals surface area contributed by atoms with Crippen molar-refractivity contribution < 1.29 is 14.0 Å². The molecule has 1 aromatic rings. The monoisotopic (exact) mass is 355 g/mol. The molecule has 1 rings (SSSR count). The SMILES string of the molecule is CCCCOCCOCCNC(=NC)NCc1noc(C(C)(C)C)n1. The van der Waals surface area contributed by atoms with Crippen LogP contribution in [0.2, 0.25) is 0 Å². The van der Waals surface area contributed by atoms with Gasteiger partial charge in [0.15, 0.2) is 11.8 Å². The first-order chi connectivity index (χ1) is 12.0. The number of rotatable bonds is 11. The molecule has 1 heterocycles. The smallest absolute Gasteiger partial charge is 0.232 e. The van der Waals surface area contributed by atoms with E-state index in [1.54, 1.807) is 7.05 Å². The lowest BCUT2D eigenvalue weighted by Gasteiger charge is -2.11. The fourth-order valence-electron chi connectivity index (χ4n) is 1.82. The highest BCUT2D eigenvalue weighted by atomic mass is 16.5. The number of ether oxygens (including phenoxy) is 2. The van der Waals surface area contributed by atoms with Gasteiger partial charge in [-0.3, -0.25) is 4.99 Å². The van der Waals surface area contributed by atoms with Crippen molar-refractivity contribution in [3.63, 3.8) is 0 Å². The summed E-state index contributed by atoms with van der Waals surface area (Å²) in [6.45, 7) is 12.0. The van der Waals surface area contributed by atoms with Crippen LogP contribution in [0.5, 0.6) is 0 Å². The predicted molar refractivity (Wildman–Crippen MR) is 97.7 cm³/mol. The third kappa shape index (κ3) is 9.40. The summed E-state index contributed by atoms with van der Waals surface area (Å²) in [5, 5.41) is 10.3. The molecular weight excluding hydrogens is 322 g/mol. The molecule has 8 nitrogen and oxygen atoms in total. The van der Waals surface area contributed by atoms with Crippen molar-refractivity contribution in [3.05, 3.63) is 11.7 Å². The molecule has 0 unspecified atom stereocenters. The Balaban J connectivity index is 2.13. The van der Waals surface area contributed by atoms with Crippen LogP contribution in [0.4, 0.5) is 0 Å². The Labute approximate surface area is 150 Å². The largest absolute Gasteiger partial charge is 0.379 e. The second-order valence-electron chi connectivity index (χ2n) is 6.70. The van der Waals surface area contributed by atoms with Crippen molar-refractivity contribution in [1.82, 2.24) is 20.8 Å². The highest BCUT2D eigenvalue weighted by Crippen LogP contribution is 2.19. The van der Waals surface area contributed by atoms with Crippen LogP contribution in [0.15, 0.2) is 9.52 Å². The zero-order chi connectivity index (χ0) is 18.5. The van der Waals surface area contributed by atoms with Gasteiger partial charge in [0, 0.05) is 25.6 Å². The van der Waals surface area contributed by atoms with E-state index in [1.165, 1.54) is 0 Å². The average molecular weight is 355 g/mol. The lowest BCUT2D eigenvalue weighted by atomic mass is 9.97. The molecule has 0 aliphatic heterocycles. The molecule has 2 N–H and O–H groups in total. The maximum Gasteiger partial charge on any atom is 0.232 e. The Kier molecular flexibility index (Phi) is 10.1. The standard InChI is InChI=1S/C17H33N5O3/c1-6-7-9-23-11-12-24-10-8-19-16(18-5)20-13-14-21-15(25-22-14)17(2,3)4/h6-13H2,1-5H3,(H2,18,19,20). The van der Waals surface area contributed by atoms with Crippen LogP contribution in [-0.2, 0) is 21.4 Å². The zero-order valence-corrected chi connectivity index (χ0v) is 16.2. The molecule has 0 amide bonds. The summed E-state index contributed by atoms with van der Waals surface area (Å²) in [6.07, 6.45) is 2.25. The minimum absolute atomic E-state index is 0.150. The molecule has 25 heavy (non-hydrogen) atoms. The van der Waals surface area contributed by atoms with Crippen molar-refractivity contribution >= 4 is 5.96 Å². The van der Waals surface area contributed by atoms with Crippen LogP contribution in [-0.4, -0.2) is 56.1 Å². The van der Waals surface area contributed by atoms with Gasteiger partial charge < -0.3 is 24.6 Å². The van der Waals surface area contributed by atoms with Gasteiger partial charge in [-0.1, -0.05) is 39.3 Å². The van der Waals surface area contributed by atoms with E-state index in [-0.39, 0.29) is 5.41 Å². The second-order valence-corrected chi connectivity index (χ2v) is 6.70. The molecular formula is C17H33N5O3. The summed E-state index contributed by atoms with van der Waals surface area (Å²) in [4.78, 5) is 8.53. The van der Waals surface area contributed by atoms with Gasteiger partial charge in [0.05, 0.1) is 26.4 Å². The highest BCUT2D eigenvalue weighted by molar-refractivity contribution is 5.79. The van der Waals surface area contributed by atoms with E-state index in [4.69, 9.17) is 14.0 Å². The van der Waals surface area contributed by atoms with Crippen molar-refractivity contribution in [2.45, 2.75) is 52.5 Å². The van der Waals surface area contributed by atoms with Crippen molar-refractivity contribution in [2.75, 3.05) is 40.0 Å². The van der Waals surface area contributed by atoms with Crippen LogP contribution in [0.25, 0.3) is 0 Å². The summed E-state index contributed by atoms with van der Waals surface area (Å²) in [5.74, 6) is 1.90. The lowest BCUT2D eigenvalue weighted by molar-refractivity contribution is 0.0487. The average Bonchev–Trinajstić information content (AvgIpc) is 3.05. The van der Waals surface area contributed by atoms with Crippen molar-refractivity contribution in [2.24, 2.45) is 4.99 Å². The molecule has 0 aromatic carbocycles. The van der Waals surface area contributed by atoms with Crippen LogP contribution in [0.1, 0.15) is 52.3 Å². The maximum absolute atomic E-state index is 5.50. The number of aliphatic imine (C=N–C) groups is 1. The lowest BCUT2D eigenvalue weighted by Crippen LogP contribution is -2.38. The number of nitrogens with zero attached hydrogens (tertiary/aromatic N) is 3. The predicted octanol–water partition coefficient (Wildman–Crippen LogP) is 1.87. The normalized spacial score (nSPS) is 12.4. The van der Waals surface area contributed by atoms with Gasteiger partial charge in [0.2, 0.25) is 5.89 Å². The summed E-state index contributed by atoms with van der Waals surface area (Å²) in [6, 6.07) is 0. The number of guanidine groups is 1. The van der Waals surface area contributed by atoms with Crippen LogP contribution in [0.3, 0.4) is 0 Å². The quantitative estimate of drug-likeness (QED) is 0.355. The van der Waals surface area contributed by atoms with E-state index in [9.17, 15) is 0 Å². The van der Waals surface area contributed by atoms with Crippen molar-refractivity contribution in [3.8, 4) is 0 Å². The maximum atomic E-state index is 5.50. The van der Waals surface area contributed by atoms with Gasteiger partial charge in [0.1, 0.15) is 0 Å². The first kappa shape index (κ1) is 21.4. The highest BCUT2D eigenvalue weighted by Gasteiger charge is 2.21. The third-order valence-electron chi connectivity index (χ3n) is 3.30.